The summed E-state index contributed by atoms with van der Waals surface area (Å²) >= 11 is 7.73. The minimum Gasteiger partial charge on any atom is -0.320 e. The lowest BCUT2D eigenvalue weighted by atomic mass is 10.0. The van der Waals surface area contributed by atoms with Gasteiger partial charge in [0.1, 0.15) is 0 Å². The van der Waals surface area contributed by atoms with E-state index in [1.54, 1.807) is 11.3 Å². The zero-order valence-electron chi connectivity index (χ0n) is 9.82. The fraction of sp³-hybridized carbons (Fsp3) is 0.286. The summed E-state index contributed by atoms with van der Waals surface area (Å²) in [7, 11) is 0. The van der Waals surface area contributed by atoms with Crippen LogP contribution in [0.15, 0.2) is 35.7 Å². The lowest BCUT2D eigenvalue weighted by Crippen LogP contribution is -2.10. The summed E-state index contributed by atoms with van der Waals surface area (Å²) in [6.07, 6.45) is 2.25. The van der Waals surface area contributed by atoms with Gasteiger partial charge in [0.15, 0.2) is 0 Å². The van der Waals surface area contributed by atoms with Gasteiger partial charge in [-0.15, -0.1) is 11.3 Å². The molecule has 0 aliphatic rings. The van der Waals surface area contributed by atoms with Crippen molar-refractivity contribution in [3.63, 3.8) is 0 Å². The molecular formula is C14H16ClNS. The fourth-order valence-corrected chi connectivity index (χ4v) is 3.11. The number of thiophene rings is 1. The van der Waals surface area contributed by atoms with Crippen molar-refractivity contribution in [2.75, 3.05) is 0 Å². The highest BCUT2D eigenvalue weighted by Gasteiger charge is 2.13. The molecule has 0 bridgehead atoms. The number of aryl methyl sites for hydroxylation is 1. The van der Waals surface area contributed by atoms with E-state index in [-0.39, 0.29) is 6.04 Å². The number of hydrogen-bond acceptors (Lipinski definition) is 2. The molecule has 2 aromatic rings. The maximum atomic E-state index is 6.25. The highest BCUT2D eigenvalue weighted by Crippen LogP contribution is 2.31. The molecule has 0 spiro atoms. The standard InChI is InChI=1S/C14H16ClNS/c1-2-4-10-5-3-6-11(9-10)13(16)14-12(15)7-8-17-14/h3,5-9,13H,2,4,16H2,1H3. The Morgan fingerprint density at radius 3 is 2.82 bits per heavy atom. The summed E-state index contributed by atoms with van der Waals surface area (Å²) in [5.41, 5.74) is 8.73. The van der Waals surface area contributed by atoms with E-state index >= 15 is 0 Å². The third-order valence-corrected chi connectivity index (χ3v) is 4.22. The van der Waals surface area contributed by atoms with Crippen molar-refractivity contribution < 1.29 is 0 Å². The number of benzene rings is 1. The Kier molecular flexibility index (Phi) is 4.21. The molecule has 0 radical (unpaired) electrons. The van der Waals surface area contributed by atoms with E-state index in [0.29, 0.717) is 0 Å². The van der Waals surface area contributed by atoms with E-state index in [0.717, 1.165) is 28.3 Å². The monoisotopic (exact) mass is 265 g/mol. The Bertz CT molecular complexity index is 492. The summed E-state index contributed by atoms with van der Waals surface area (Å²) in [5, 5.41) is 2.75. The Hall–Kier alpha value is -0.830. The van der Waals surface area contributed by atoms with Crippen LogP contribution in [0.2, 0.25) is 5.02 Å². The van der Waals surface area contributed by atoms with Crippen LogP contribution >= 0.6 is 22.9 Å². The van der Waals surface area contributed by atoms with Gasteiger partial charge in [-0.25, -0.2) is 0 Å². The molecule has 0 saturated heterocycles. The fourth-order valence-electron chi connectivity index (χ4n) is 1.91. The highest BCUT2D eigenvalue weighted by molar-refractivity contribution is 7.10. The van der Waals surface area contributed by atoms with E-state index in [2.05, 4.69) is 31.2 Å². The third kappa shape index (κ3) is 2.89. The van der Waals surface area contributed by atoms with Gasteiger partial charge in [0.25, 0.3) is 0 Å². The number of nitrogens with two attached hydrogens (primary N) is 1. The molecule has 0 amide bonds. The van der Waals surface area contributed by atoms with Gasteiger partial charge in [-0.2, -0.15) is 0 Å². The van der Waals surface area contributed by atoms with E-state index < -0.39 is 0 Å². The van der Waals surface area contributed by atoms with Crippen LogP contribution in [-0.4, -0.2) is 0 Å². The molecule has 1 unspecified atom stereocenters. The zero-order valence-corrected chi connectivity index (χ0v) is 11.4. The predicted octanol–water partition coefficient (Wildman–Crippen LogP) is 4.40. The summed E-state index contributed by atoms with van der Waals surface area (Å²) in [6.45, 7) is 2.18. The second-order valence-electron chi connectivity index (χ2n) is 4.11. The molecule has 2 rings (SSSR count). The minimum absolute atomic E-state index is 0.112. The molecule has 90 valence electrons. The first-order valence-electron chi connectivity index (χ1n) is 5.79. The number of halogens is 1. The van der Waals surface area contributed by atoms with Gasteiger partial charge < -0.3 is 5.73 Å². The SMILES string of the molecule is CCCc1cccc(C(N)c2sccc2Cl)c1. The molecule has 1 heterocycles. The van der Waals surface area contributed by atoms with Crippen molar-refractivity contribution in [3.05, 3.63) is 56.7 Å². The van der Waals surface area contributed by atoms with Crippen LogP contribution in [0.4, 0.5) is 0 Å². The number of rotatable bonds is 4. The zero-order chi connectivity index (χ0) is 12.3. The molecule has 0 fully saturated rings. The van der Waals surface area contributed by atoms with E-state index in [4.69, 9.17) is 17.3 Å². The van der Waals surface area contributed by atoms with Crippen molar-refractivity contribution >= 4 is 22.9 Å². The molecule has 2 N–H and O–H groups in total. The Balaban J connectivity index is 2.28. The van der Waals surface area contributed by atoms with Crippen LogP contribution in [-0.2, 0) is 6.42 Å². The van der Waals surface area contributed by atoms with Crippen molar-refractivity contribution in [2.24, 2.45) is 5.73 Å². The van der Waals surface area contributed by atoms with E-state index in [1.165, 1.54) is 5.56 Å². The third-order valence-electron chi connectivity index (χ3n) is 2.78. The van der Waals surface area contributed by atoms with Crippen molar-refractivity contribution in [1.82, 2.24) is 0 Å². The molecule has 1 atom stereocenters. The second kappa shape index (κ2) is 5.67. The first kappa shape index (κ1) is 12.6. The average Bonchev–Trinajstić information content (AvgIpc) is 2.75. The smallest absolute Gasteiger partial charge is 0.0661 e. The van der Waals surface area contributed by atoms with Crippen LogP contribution in [0.5, 0.6) is 0 Å². The average molecular weight is 266 g/mol. The summed E-state index contributed by atoms with van der Waals surface area (Å²) < 4.78 is 0. The van der Waals surface area contributed by atoms with Crippen LogP contribution in [0.1, 0.15) is 35.4 Å². The minimum atomic E-state index is -0.112. The summed E-state index contributed by atoms with van der Waals surface area (Å²) in [4.78, 5) is 1.04. The van der Waals surface area contributed by atoms with Gasteiger partial charge in [0.05, 0.1) is 11.1 Å². The molecular weight excluding hydrogens is 250 g/mol. The normalized spacial score (nSPS) is 12.6. The topological polar surface area (TPSA) is 26.0 Å². The molecule has 3 heteroatoms. The lowest BCUT2D eigenvalue weighted by Gasteiger charge is -2.12. The molecule has 0 saturated carbocycles. The summed E-state index contributed by atoms with van der Waals surface area (Å²) in [5.74, 6) is 0. The second-order valence-corrected chi connectivity index (χ2v) is 5.46. The lowest BCUT2D eigenvalue weighted by molar-refractivity contribution is 0.875. The van der Waals surface area contributed by atoms with Gasteiger partial charge in [-0.05, 0) is 29.0 Å². The number of hydrogen-bond donors (Lipinski definition) is 1. The van der Waals surface area contributed by atoms with Gasteiger partial charge in [0, 0.05) is 4.88 Å². The maximum Gasteiger partial charge on any atom is 0.0661 e. The van der Waals surface area contributed by atoms with Crippen LogP contribution in [0.25, 0.3) is 0 Å². The van der Waals surface area contributed by atoms with Gasteiger partial charge >= 0.3 is 0 Å². The van der Waals surface area contributed by atoms with Gasteiger partial charge in [0.2, 0.25) is 0 Å². The van der Waals surface area contributed by atoms with Crippen LogP contribution < -0.4 is 5.73 Å². The van der Waals surface area contributed by atoms with Crippen LogP contribution in [0, 0.1) is 0 Å². The quantitative estimate of drug-likeness (QED) is 0.871. The van der Waals surface area contributed by atoms with E-state index in [9.17, 15) is 0 Å². The molecule has 1 nitrogen and oxygen atoms in total. The highest BCUT2D eigenvalue weighted by atomic mass is 35.5. The Morgan fingerprint density at radius 2 is 2.18 bits per heavy atom. The predicted molar refractivity (Wildman–Crippen MR) is 75.8 cm³/mol. The molecule has 0 aliphatic carbocycles. The molecule has 1 aromatic carbocycles. The Labute approximate surface area is 111 Å². The molecule has 17 heavy (non-hydrogen) atoms. The molecule has 0 aliphatic heterocycles. The first-order chi connectivity index (χ1) is 8.22. The van der Waals surface area contributed by atoms with Crippen molar-refractivity contribution in [2.45, 2.75) is 25.8 Å². The van der Waals surface area contributed by atoms with Gasteiger partial charge in [-0.3, -0.25) is 0 Å². The summed E-state index contributed by atoms with van der Waals surface area (Å²) in [6, 6.07) is 10.3. The Morgan fingerprint density at radius 1 is 1.35 bits per heavy atom. The van der Waals surface area contributed by atoms with Gasteiger partial charge in [-0.1, -0.05) is 49.2 Å². The van der Waals surface area contributed by atoms with Crippen molar-refractivity contribution in [1.29, 1.82) is 0 Å². The first-order valence-corrected chi connectivity index (χ1v) is 7.05. The largest absolute Gasteiger partial charge is 0.320 e. The maximum absolute atomic E-state index is 6.25. The van der Waals surface area contributed by atoms with Crippen molar-refractivity contribution in [3.8, 4) is 0 Å². The van der Waals surface area contributed by atoms with Crippen LogP contribution in [0.3, 0.4) is 0 Å². The van der Waals surface area contributed by atoms with E-state index in [1.807, 2.05) is 11.4 Å². The molecule has 1 aromatic heterocycles.